The van der Waals surface area contributed by atoms with Crippen LogP contribution in [0, 0.1) is 23.2 Å². The molecular formula is C16H28O. The van der Waals surface area contributed by atoms with Crippen LogP contribution in [0.25, 0.3) is 0 Å². The zero-order valence-electron chi connectivity index (χ0n) is 12.2. The number of rotatable bonds is 0. The fourth-order valence-electron chi connectivity index (χ4n) is 5.43. The molecule has 2 heterocycles. The van der Waals surface area contributed by atoms with Crippen LogP contribution >= 0.6 is 0 Å². The summed E-state index contributed by atoms with van der Waals surface area (Å²) in [6.45, 7) is 12.1. The van der Waals surface area contributed by atoms with Crippen molar-refractivity contribution in [2.45, 2.75) is 77.9 Å². The lowest BCUT2D eigenvalue weighted by Crippen LogP contribution is -2.50. The Labute approximate surface area is 106 Å². The first kappa shape index (κ1) is 12.0. The summed E-state index contributed by atoms with van der Waals surface area (Å²) in [7, 11) is 0. The predicted molar refractivity (Wildman–Crippen MR) is 70.9 cm³/mol. The second-order valence-electron chi connectivity index (χ2n) is 7.99. The Hall–Kier alpha value is -0.0400. The van der Waals surface area contributed by atoms with Crippen LogP contribution in [0.2, 0.25) is 0 Å². The molecule has 1 heteroatoms. The van der Waals surface area contributed by atoms with Gasteiger partial charge < -0.3 is 4.74 Å². The highest BCUT2D eigenvalue weighted by Crippen LogP contribution is 2.64. The van der Waals surface area contributed by atoms with E-state index in [0.29, 0.717) is 5.41 Å². The third kappa shape index (κ3) is 1.47. The summed E-state index contributed by atoms with van der Waals surface area (Å²) in [6, 6.07) is 0. The largest absolute Gasteiger partial charge is 0.369 e. The Morgan fingerprint density at radius 2 is 1.71 bits per heavy atom. The van der Waals surface area contributed by atoms with Gasteiger partial charge in [-0.3, -0.25) is 0 Å². The van der Waals surface area contributed by atoms with Crippen molar-refractivity contribution in [1.29, 1.82) is 0 Å². The average Bonchev–Trinajstić information content (AvgIpc) is 2.39. The number of ether oxygens (including phenoxy) is 1. The molecular weight excluding hydrogens is 208 g/mol. The summed E-state index contributed by atoms with van der Waals surface area (Å²) in [5.41, 5.74) is 0.778. The normalized spacial score (nSPS) is 56.6. The summed E-state index contributed by atoms with van der Waals surface area (Å²) in [5, 5.41) is 0. The van der Waals surface area contributed by atoms with Crippen LogP contribution in [0.1, 0.15) is 66.7 Å². The Morgan fingerprint density at radius 3 is 2.35 bits per heavy atom. The lowest BCUT2D eigenvalue weighted by atomic mass is 9.66. The van der Waals surface area contributed by atoms with Gasteiger partial charge in [0.05, 0.1) is 11.2 Å². The molecule has 1 nitrogen and oxygen atoms in total. The molecule has 0 spiro atoms. The van der Waals surface area contributed by atoms with Gasteiger partial charge in [-0.1, -0.05) is 13.8 Å². The van der Waals surface area contributed by atoms with Crippen LogP contribution < -0.4 is 0 Å². The quantitative estimate of drug-likeness (QED) is 0.605. The van der Waals surface area contributed by atoms with Gasteiger partial charge in [0.2, 0.25) is 0 Å². The van der Waals surface area contributed by atoms with Crippen LogP contribution in [0.15, 0.2) is 0 Å². The maximum absolute atomic E-state index is 6.61. The van der Waals surface area contributed by atoms with Crippen molar-refractivity contribution in [3.05, 3.63) is 0 Å². The Kier molecular flexibility index (Phi) is 2.32. The molecule has 5 atom stereocenters. The van der Waals surface area contributed by atoms with Gasteiger partial charge >= 0.3 is 0 Å². The van der Waals surface area contributed by atoms with Crippen molar-refractivity contribution in [3.63, 3.8) is 0 Å². The first-order valence-corrected chi connectivity index (χ1v) is 7.48. The van der Waals surface area contributed by atoms with Gasteiger partial charge in [0, 0.05) is 0 Å². The monoisotopic (exact) mass is 236 g/mol. The zero-order valence-corrected chi connectivity index (χ0v) is 12.2. The highest BCUT2D eigenvalue weighted by atomic mass is 16.5. The maximum Gasteiger partial charge on any atom is 0.0695 e. The van der Waals surface area contributed by atoms with E-state index in [2.05, 4.69) is 34.6 Å². The molecule has 4 aliphatic rings. The second-order valence-corrected chi connectivity index (χ2v) is 7.99. The highest BCUT2D eigenvalue weighted by molar-refractivity contribution is 5.10. The van der Waals surface area contributed by atoms with Crippen molar-refractivity contribution in [1.82, 2.24) is 0 Å². The van der Waals surface area contributed by atoms with E-state index in [1.807, 2.05) is 0 Å². The molecule has 4 fully saturated rings. The van der Waals surface area contributed by atoms with E-state index in [1.165, 1.54) is 32.1 Å². The molecule has 17 heavy (non-hydrogen) atoms. The van der Waals surface area contributed by atoms with Crippen LogP contribution in [0.4, 0.5) is 0 Å². The summed E-state index contributed by atoms with van der Waals surface area (Å²) in [4.78, 5) is 0. The van der Waals surface area contributed by atoms with Gasteiger partial charge in [-0.15, -0.1) is 0 Å². The number of hydrogen-bond donors (Lipinski definition) is 0. The topological polar surface area (TPSA) is 9.23 Å². The average molecular weight is 236 g/mol. The molecule has 2 saturated carbocycles. The number of hydrogen-bond acceptors (Lipinski definition) is 1. The van der Waals surface area contributed by atoms with Crippen molar-refractivity contribution in [3.8, 4) is 0 Å². The molecule has 4 rings (SSSR count). The molecule has 0 N–H and O–H groups in total. The fourth-order valence-corrected chi connectivity index (χ4v) is 5.43. The van der Waals surface area contributed by atoms with E-state index in [4.69, 9.17) is 4.74 Å². The lowest BCUT2D eigenvalue weighted by molar-refractivity contribution is -0.202. The summed E-state index contributed by atoms with van der Waals surface area (Å²) < 4.78 is 6.61. The lowest BCUT2D eigenvalue weighted by Gasteiger charge is -2.48. The van der Waals surface area contributed by atoms with Gasteiger partial charge in [-0.25, -0.2) is 0 Å². The first-order chi connectivity index (χ1) is 7.78. The third-order valence-electron chi connectivity index (χ3n) is 6.70. The Bertz CT molecular complexity index is 334. The van der Waals surface area contributed by atoms with Gasteiger partial charge in [0.1, 0.15) is 0 Å². The van der Waals surface area contributed by atoms with Crippen molar-refractivity contribution < 1.29 is 4.74 Å². The smallest absolute Gasteiger partial charge is 0.0695 e. The molecule has 0 aromatic rings. The summed E-state index contributed by atoms with van der Waals surface area (Å²) >= 11 is 0. The van der Waals surface area contributed by atoms with Crippen molar-refractivity contribution in [2.75, 3.05) is 0 Å². The summed E-state index contributed by atoms with van der Waals surface area (Å²) in [6.07, 6.45) is 6.85. The van der Waals surface area contributed by atoms with Gasteiger partial charge in [-0.05, 0) is 76.0 Å². The highest BCUT2D eigenvalue weighted by Gasteiger charge is 2.61. The van der Waals surface area contributed by atoms with E-state index in [-0.39, 0.29) is 11.2 Å². The minimum atomic E-state index is 0.0973. The zero-order chi connectivity index (χ0) is 12.5. The fraction of sp³-hybridized carbons (Fsp3) is 1.00. The number of fused-ring (bicyclic) bond motifs is 2. The predicted octanol–water partition coefficient (Wildman–Crippen LogP) is 4.41. The van der Waals surface area contributed by atoms with Crippen LogP contribution in [0.5, 0.6) is 0 Å². The Morgan fingerprint density at radius 1 is 1.00 bits per heavy atom. The molecule has 0 amide bonds. The SMILES string of the molecule is C[C@@H]1CC[C@@H]2[C@]1(C)C[C@H]1CC[C@]2(C)OC1(C)C. The van der Waals surface area contributed by atoms with E-state index < -0.39 is 0 Å². The van der Waals surface area contributed by atoms with E-state index in [1.54, 1.807) is 0 Å². The molecule has 2 aliphatic heterocycles. The second kappa shape index (κ2) is 3.29. The standard InChI is InChI=1S/C16H28O/c1-11-6-7-13-15(11,4)10-12-8-9-16(13,5)17-14(12,2)3/h11-13H,6-10H2,1-5H3/t11-,12-,13-,15-,16+/m1/s1. The summed E-state index contributed by atoms with van der Waals surface area (Å²) in [5.74, 6) is 2.44. The molecule has 98 valence electrons. The molecule has 0 aromatic heterocycles. The molecule has 0 aromatic carbocycles. The Balaban J connectivity index is 2.06. The van der Waals surface area contributed by atoms with E-state index in [0.717, 1.165) is 17.8 Å². The van der Waals surface area contributed by atoms with Gasteiger partial charge in [-0.2, -0.15) is 0 Å². The molecule has 0 radical (unpaired) electrons. The molecule has 2 aliphatic carbocycles. The van der Waals surface area contributed by atoms with E-state index >= 15 is 0 Å². The van der Waals surface area contributed by atoms with Gasteiger partial charge in [0.15, 0.2) is 0 Å². The minimum absolute atomic E-state index is 0.0973. The minimum Gasteiger partial charge on any atom is -0.369 e. The molecule has 0 unspecified atom stereocenters. The maximum atomic E-state index is 6.61. The van der Waals surface area contributed by atoms with Crippen LogP contribution in [-0.2, 0) is 4.74 Å². The van der Waals surface area contributed by atoms with Crippen LogP contribution in [-0.4, -0.2) is 11.2 Å². The third-order valence-corrected chi connectivity index (χ3v) is 6.70. The molecule has 2 bridgehead atoms. The van der Waals surface area contributed by atoms with Crippen LogP contribution in [0.3, 0.4) is 0 Å². The van der Waals surface area contributed by atoms with Crippen molar-refractivity contribution in [2.24, 2.45) is 23.2 Å². The van der Waals surface area contributed by atoms with E-state index in [9.17, 15) is 0 Å². The van der Waals surface area contributed by atoms with Crippen molar-refractivity contribution >= 4 is 0 Å². The molecule has 2 saturated heterocycles. The first-order valence-electron chi connectivity index (χ1n) is 7.48. The van der Waals surface area contributed by atoms with Gasteiger partial charge in [0.25, 0.3) is 0 Å².